The molecule has 0 saturated carbocycles. The van der Waals surface area contributed by atoms with E-state index in [4.69, 9.17) is 16.3 Å². The average molecular weight is 222 g/mol. The summed E-state index contributed by atoms with van der Waals surface area (Å²) < 4.78 is 5.06. The van der Waals surface area contributed by atoms with Crippen LogP contribution in [0.3, 0.4) is 0 Å². The van der Waals surface area contributed by atoms with Gasteiger partial charge < -0.3 is 9.64 Å². The van der Waals surface area contributed by atoms with Crippen molar-refractivity contribution in [2.24, 2.45) is 0 Å². The minimum absolute atomic E-state index is 0.807. The second-order valence-corrected chi connectivity index (χ2v) is 3.91. The van der Waals surface area contributed by atoms with Gasteiger partial charge in [-0.3, -0.25) is 0 Å². The summed E-state index contributed by atoms with van der Waals surface area (Å²) in [6.07, 6.45) is 5.02. The predicted octanol–water partition coefficient (Wildman–Crippen LogP) is 2.75. The van der Waals surface area contributed by atoms with Gasteiger partial charge in [0.2, 0.25) is 0 Å². The Kier molecular flexibility index (Phi) is 11.5. The molecule has 0 aromatic carbocycles. The Hall–Kier alpha value is 0.210. The summed E-state index contributed by atoms with van der Waals surface area (Å²) in [7, 11) is 1.76. The van der Waals surface area contributed by atoms with Crippen LogP contribution in [0.25, 0.3) is 0 Å². The monoisotopic (exact) mass is 221 g/mol. The van der Waals surface area contributed by atoms with Crippen molar-refractivity contribution in [1.82, 2.24) is 4.90 Å². The number of methoxy groups -OCH3 is 1. The number of hydrogen-bond acceptors (Lipinski definition) is 2. The molecule has 0 aliphatic rings. The van der Waals surface area contributed by atoms with Gasteiger partial charge in [0.25, 0.3) is 0 Å². The largest absolute Gasteiger partial charge is 0.383 e. The molecule has 0 saturated heterocycles. The molecule has 0 aliphatic carbocycles. The molecule has 0 aromatic rings. The van der Waals surface area contributed by atoms with Crippen LogP contribution in [-0.2, 0) is 4.74 Å². The van der Waals surface area contributed by atoms with Gasteiger partial charge in [-0.1, -0.05) is 19.8 Å². The molecule has 2 nitrogen and oxygen atoms in total. The number of likely N-dealkylation sites (N-methyl/N-ethyl adjacent to an activating group) is 1. The highest BCUT2D eigenvalue weighted by molar-refractivity contribution is 6.17. The van der Waals surface area contributed by atoms with E-state index in [9.17, 15) is 0 Å². The molecule has 3 heteroatoms. The molecule has 0 atom stereocenters. The summed E-state index contributed by atoms with van der Waals surface area (Å²) in [4.78, 5) is 2.43. The zero-order valence-corrected chi connectivity index (χ0v) is 10.4. The average Bonchev–Trinajstić information content (AvgIpc) is 2.22. The fourth-order valence-electron chi connectivity index (χ4n) is 1.43. The number of nitrogens with zero attached hydrogens (tertiary/aromatic N) is 1. The van der Waals surface area contributed by atoms with E-state index in [0.717, 1.165) is 32.0 Å². The van der Waals surface area contributed by atoms with E-state index in [1.54, 1.807) is 7.11 Å². The van der Waals surface area contributed by atoms with Crippen LogP contribution in [0.4, 0.5) is 0 Å². The van der Waals surface area contributed by atoms with Gasteiger partial charge in [0.05, 0.1) is 6.61 Å². The minimum atomic E-state index is 0.807. The maximum absolute atomic E-state index is 5.61. The van der Waals surface area contributed by atoms with Gasteiger partial charge in [-0.05, 0) is 25.9 Å². The molecule has 0 spiro atoms. The quantitative estimate of drug-likeness (QED) is 0.416. The van der Waals surface area contributed by atoms with Gasteiger partial charge in [0.15, 0.2) is 0 Å². The standard InChI is InChI=1S/C11H24ClNO/c1-3-13(10-11-14-2)9-7-5-4-6-8-12/h3-11H2,1-2H3. The van der Waals surface area contributed by atoms with Crippen LogP contribution in [-0.4, -0.2) is 44.1 Å². The van der Waals surface area contributed by atoms with Gasteiger partial charge in [-0.25, -0.2) is 0 Å². The van der Waals surface area contributed by atoms with Gasteiger partial charge >= 0.3 is 0 Å². The number of unbranched alkanes of at least 4 members (excludes halogenated alkanes) is 3. The Bertz CT molecular complexity index is 111. The number of alkyl halides is 1. The molecule has 86 valence electrons. The highest BCUT2D eigenvalue weighted by atomic mass is 35.5. The maximum atomic E-state index is 5.61. The molecule has 0 rings (SSSR count). The fourth-order valence-corrected chi connectivity index (χ4v) is 1.62. The molecule has 0 aromatic heterocycles. The molecule has 14 heavy (non-hydrogen) atoms. The first-order chi connectivity index (χ1) is 6.85. The van der Waals surface area contributed by atoms with E-state index in [1.165, 1.54) is 25.8 Å². The summed E-state index contributed by atoms with van der Waals surface area (Å²) in [5.41, 5.74) is 0. The van der Waals surface area contributed by atoms with Crippen molar-refractivity contribution in [3.05, 3.63) is 0 Å². The zero-order valence-electron chi connectivity index (χ0n) is 9.60. The molecule has 0 aliphatic heterocycles. The van der Waals surface area contributed by atoms with Gasteiger partial charge in [0.1, 0.15) is 0 Å². The molecule has 0 bridgehead atoms. The van der Waals surface area contributed by atoms with Crippen molar-refractivity contribution < 1.29 is 4.74 Å². The summed E-state index contributed by atoms with van der Waals surface area (Å²) in [6, 6.07) is 0. The van der Waals surface area contributed by atoms with E-state index >= 15 is 0 Å². The molecule has 0 fully saturated rings. The summed E-state index contributed by atoms with van der Waals surface area (Å²) in [5, 5.41) is 0. The Morgan fingerprint density at radius 1 is 1.07 bits per heavy atom. The van der Waals surface area contributed by atoms with Crippen molar-refractivity contribution in [2.45, 2.75) is 32.6 Å². The van der Waals surface area contributed by atoms with E-state index < -0.39 is 0 Å². The van der Waals surface area contributed by atoms with Crippen LogP contribution >= 0.6 is 11.6 Å². The van der Waals surface area contributed by atoms with Crippen molar-refractivity contribution in [3.63, 3.8) is 0 Å². The number of rotatable bonds is 10. The van der Waals surface area contributed by atoms with E-state index in [-0.39, 0.29) is 0 Å². The van der Waals surface area contributed by atoms with Crippen LogP contribution in [0, 0.1) is 0 Å². The third-order valence-corrected chi connectivity index (χ3v) is 2.68. The first-order valence-electron chi connectivity index (χ1n) is 5.62. The predicted molar refractivity (Wildman–Crippen MR) is 63.2 cm³/mol. The third-order valence-electron chi connectivity index (χ3n) is 2.42. The van der Waals surface area contributed by atoms with Gasteiger partial charge in [-0.15, -0.1) is 11.6 Å². The van der Waals surface area contributed by atoms with Crippen LogP contribution < -0.4 is 0 Å². The molecule has 0 N–H and O–H groups in total. The Labute approximate surface area is 93.6 Å². The van der Waals surface area contributed by atoms with Crippen molar-refractivity contribution >= 4 is 11.6 Å². The second-order valence-electron chi connectivity index (χ2n) is 3.53. The van der Waals surface area contributed by atoms with E-state index in [0.29, 0.717) is 0 Å². The molecule has 0 heterocycles. The SMILES string of the molecule is CCN(CCCCCCCl)CCOC. The second kappa shape index (κ2) is 11.3. The normalized spacial score (nSPS) is 11.1. The first-order valence-corrected chi connectivity index (χ1v) is 6.15. The van der Waals surface area contributed by atoms with Crippen LogP contribution in [0.15, 0.2) is 0 Å². The van der Waals surface area contributed by atoms with Crippen LogP contribution in [0.5, 0.6) is 0 Å². The first kappa shape index (κ1) is 14.2. The maximum Gasteiger partial charge on any atom is 0.0589 e. The summed E-state index contributed by atoms with van der Waals surface area (Å²) in [5.74, 6) is 0.807. The lowest BCUT2D eigenvalue weighted by Crippen LogP contribution is -2.28. The lowest BCUT2D eigenvalue weighted by atomic mass is 10.2. The third kappa shape index (κ3) is 8.79. The van der Waals surface area contributed by atoms with Crippen LogP contribution in [0.2, 0.25) is 0 Å². The van der Waals surface area contributed by atoms with Crippen molar-refractivity contribution in [3.8, 4) is 0 Å². The van der Waals surface area contributed by atoms with Gasteiger partial charge in [-0.2, -0.15) is 0 Å². The minimum Gasteiger partial charge on any atom is -0.383 e. The van der Waals surface area contributed by atoms with E-state index in [2.05, 4.69) is 11.8 Å². The Balaban J connectivity index is 3.24. The van der Waals surface area contributed by atoms with Crippen molar-refractivity contribution in [1.29, 1.82) is 0 Å². The molecule has 0 amide bonds. The van der Waals surface area contributed by atoms with Gasteiger partial charge in [0, 0.05) is 19.5 Å². The van der Waals surface area contributed by atoms with Crippen LogP contribution in [0.1, 0.15) is 32.6 Å². The Morgan fingerprint density at radius 3 is 2.36 bits per heavy atom. The fraction of sp³-hybridized carbons (Fsp3) is 1.00. The number of hydrogen-bond donors (Lipinski definition) is 0. The van der Waals surface area contributed by atoms with Crippen molar-refractivity contribution in [2.75, 3.05) is 39.2 Å². The lowest BCUT2D eigenvalue weighted by Gasteiger charge is -2.19. The molecular formula is C11H24ClNO. The highest BCUT2D eigenvalue weighted by Gasteiger charge is 2.00. The molecule has 0 unspecified atom stereocenters. The highest BCUT2D eigenvalue weighted by Crippen LogP contribution is 2.02. The molecule has 0 radical (unpaired) electrons. The Morgan fingerprint density at radius 2 is 1.79 bits per heavy atom. The zero-order chi connectivity index (χ0) is 10.6. The topological polar surface area (TPSA) is 12.5 Å². The smallest absolute Gasteiger partial charge is 0.0589 e. The number of halogens is 1. The summed E-state index contributed by atoms with van der Waals surface area (Å²) >= 11 is 5.61. The number of ether oxygens (including phenoxy) is 1. The molecular weight excluding hydrogens is 198 g/mol. The summed E-state index contributed by atoms with van der Waals surface area (Å²) in [6.45, 7) is 6.42. The lowest BCUT2D eigenvalue weighted by molar-refractivity contribution is 0.149. The van der Waals surface area contributed by atoms with E-state index in [1.807, 2.05) is 0 Å².